The smallest absolute Gasteiger partial charge is 0.284 e. The van der Waals surface area contributed by atoms with E-state index in [2.05, 4.69) is 5.10 Å². The summed E-state index contributed by atoms with van der Waals surface area (Å²) in [7, 11) is 0. The fourth-order valence-electron chi connectivity index (χ4n) is 2.44. The van der Waals surface area contributed by atoms with Crippen molar-refractivity contribution >= 4 is 52.5 Å². The second-order valence-corrected chi connectivity index (χ2v) is 6.21. The van der Waals surface area contributed by atoms with E-state index in [1.54, 1.807) is 31.2 Å². The van der Waals surface area contributed by atoms with Crippen molar-refractivity contribution in [1.29, 1.82) is 0 Å². The highest BCUT2D eigenvalue weighted by molar-refractivity contribution is 6.43. The first-order valence-corrected chi connectivity index (χ1v) is 8.64. The van der Waals surface area contributed by atoms with Crippen LogP contribution in [0, 0.1) is 10.1 Å². The Morgan fingerprint density at radius 3 is 2.56 bits per heavy atom. The van der Waals surface area contributed by atoms with Crippen LogP contribution in [0.2, 0.25) is 10.0 Å². The third-order valence-corrected chi connectivity index (χ3v) is 4.54. The third-order valence-electron chi connectivity index (χ3n) is 3.71. The van der Waals surface area contributed by atoms with Gasteiger partial charge >= 0.3 is 0 Å². The van der Waals surface area contributed by atoms with E-state index in [1.165, 1.54) is 24.3 Å². The molecule has 0 saturated heterocycles. The SMILES string of the molecule is CCOC1=NN(c2ccc([N+](=O)[O-])cc2)C(=O)/C1=C/c1cccc(Cl)c1Cl. The number of nitro groups is 1. The fraction of sp³-hybridized carbons (Fsp3) is 0.111. The standard InChI is InChI=1S/C18H13Cl2N3O4/c1-2-27-17-14(10-11-4-3-5-15(19)16(11)20)18(24)22(21-17)12-6-8-13(9-7-12)23(25)26/h3-10H,2H2,1H3/b14-10+. The van der Waals surface area contributed by atoms with Gasteiger partial charge in [-0.2, -0.15) is 5.01 Å². The Morgan fingerprint density at radius 2 is 1.93 bits per heavy atom. The van der Waals surface area contributed by atoms with Crippen molar-refractivity contribution in [1.82, 2.24) is 0 Å². The molecule has 138 valence electrons. The van der Waals surface area contributed by atoms with Gasteiger partial charge in [-0.3, -0.25) is 14.9 Å². The quantitative estimate of drug-likeness (QED) is 0.419. The predicted octanol–water partition coefficient (Wildman–Crippen LogP) is 4.68. The zero-order valence-electron chi connectivity index (χ0n) is 14.1. The lowest BCUT2D eigenvalue weighted by Crippen LogP contribution is -2.21. The number of nitrogens with zero attached hydrogens (tertiary/aromatic N) is 3. The van der Waals surface area contributed by atoms with Crippen molar-refractivity contribution < 1.29 is 14.5 Å². The molecule has 0 aromatic heterocycles. The number of rotatable bonds is 4. The van der Waals surface area contributed by atoms with E-state index in [-0.39, 0.29) is 17.2 Å². The molecule has 0 aliphatic carbocycles. The average molecular weight is 406 g/mol. The van der Waals surface area contributed by atoms with Crippen LogP contribution in [0.5, 0.6) is 0 Å². The van der Waals surface area contributed by atoms with Gasteiger partial charge in [-0.15, -0.1) is 5.10 Å². The summed E-state index contributed by atoms with van der Waals surface area (Å²) in [5.74, 6) is -0.305. The molecule has 0 spiro atoms. The number of ether oxygens (including phenoxy) is 1. The minimum atomic E-state index is -0.517. The van der Waals surface area contributed by atoms with Crippen molar-refractivity contribution in [2.45, 2.75) is 6.92 Å². The maximum Gasteiger partial charge on any atom is 0.284 e. The number of non-ortho nitro benzene ring substituents is 1. The van der Waals surface area contributed by atoms with Gasteiger partial charge in [0.15, 0.2) is 0 Å². The normalized spacial score (nSPS) is 15.2. The Hall–Kier alpha value is -2.90. The first-order chi connectivity index (χ1) is 12.9. The molecule has 1 heterocycles. The number of anilines is 1. The van der Waals surface area contributed by atoms with Crippen molar-refractivity contribution in [3.63, 3.8) is 0 Å². The molecule has 0 unspecified atom stereocenters. The van der Waals surface area contributed by atoms with Crippen LogP contribution in [0.4, 0.5) is 11.4 Å². The molecular formula is C18H13Cl2N3O4. The Balaban J connectivity index is 2.00. The number of benzene rings is 2. The highest BCUT2D eigenvalue weighted by Crippen LogP contribution is 2.31. The average Bonchev–Trinajstić information content (AvgIpc) is 2.95. The number of carbonyl (C=O) groups is 1. The first kappa shape index (κ1) is 18.9. The molecule has 0 fully saturated rings. The highest BCUT2D eigenvalue weighted by Gasteiger charge is 2.33. The van der Waals surface area contributed by atoms with Crippen molar-refractivity contribution in [2.24, 2.45) is 5.10 Å². The number of carbonyl (C=O) groups excluding carboxylic acids is 1. The van der Waals surface area contributed by atoms with Crippen LogP contribution >= 0.6 is 23.2 Å². The van der Waals surface area contributed by atoms with Crippen LogP contribution in [0.3, 0.4) is 0 Å². The number of nitro benzene ring substituents is 1. The Morgan fingerprint density at radius 1 is 1.22 bits per heavy atom. The molecule has 27 heavy (non-hydrogen) atoms. The zero-order valence-corrected chi connectivity index (χ0v) is 15.6. The van der Waals surface area contributed by atoms with Gasteiger partial charge in [0.1, 0.15) is 5.57 Å². The number of hydrogen-bond donors (Lipinski definition) is 0. The van der Waals surface area contributed by atoms with E-state index in [0.29, 0.717) is 27.9 Å². The van der Waals surface area contributed by atoms with E-state index in [9.17, 15) is 14.9 Å². The third kappa shape index (κ3) is 3.79. The predicted molar refractivity (Wildman–Crippen MR) is 104 cm³/mol. The van der Waals surface area contributed by atoms with Gasteiger partial charge < -0.3 is 4.74 Å². The van der Waals surface area contributed by atoms with E-state index in [1.807, 2.05) is 0 Å². The van der Waals surface area contributed by atoms with Crippen LogP contribution in [0.25, 0.3) is 6.08 Å². The molecule has 0 atom stereocenters. The summed E-state index contributed by atoms with van der Waals surface area (Å²) in [6.07, 6.45) is 1.55. The van der Waals surface area contributed by atoms with Crippen molar-refractivity contribution in [2.75, 3.05) is 11.6 Å². The maximum absolute atomic E-state index is 12.9. The summed E-state index contributed by atoms with van der Waals surface area (Å²) in [4.78, 5) is 23.1. The minimum Gasteiger partial charge on any atom is -0.476 e. The lowest BCUT2D eigenvalue weighted by molar-refractivity contribution is -0.384. The van der Waals surface area contributed by atoms with Crippen molar-refractivity contribution in [3.8, 4) is 0 Å². The molecule has 0 N–H and O–H groups in total. The molecule has 1 amide bonds. The molecule has 2 aromatic carbocycles. The number of hydrogen-bond acceptors (Lipinski definition) is 5. The summed E-state index contributed by atoms with van der Waals surface area (Å²) < 4.78 is 5.48. The van der Waals surface area contributed by atoms with E-state index in [0.717, 1.165) is 5.01 Å². The van der Waals surface area contributed by atoms with E-state index >= 15 is 0 Å². The van der Waals surface area contributed by atoms with Gasteiger partial charge in [0, 0.05) is 12.1 Å². The Kier molecular flexibility index (Phi) is 5.43. The number of amides is 1. The second kappa shape index (κ2) is 7.77. The molecule has 9 heteroatoms. The van der Waals surface area contributed by atoms with Gasteiger partial charge in [-0.1, -0.05) is 35.3 Å². The molecule has 0 bridgehead atoms. The van der Waals surface area contributed by atoms with Gasteiger partial charge in [0.25, 0.3) is 11.6 Å². The molecule has 1 aliphatic heterocycles. The Labute approximate surface area is 164 Å². The molecule has 2 aromatic rings. The molecule has 0 saturated carbocycles. The highest BCUT2D eigenvalue weighted by atomic mass is 35.5. The maximum atomic E-state index is 12.9. The van der Waals surface area contributed by atoms with Crippen LogP contribution in [-0.2, 0) is 9.53 Å². The fourth-order valence-corrected chi connectivity index (χ4v) is 2.80. The monoisotopic (exact) mass is 405 g/mol. The lowest BCUT2D eigenvalue weighted by Gasteiger charge is -2.10. The minimum absolute atomic E-state index is 0.0825. The van der Waals surface area contributed by atoms with Gasteiger partial charge in [-0.25, -0.2) is 0 Å². The summed E-state index contributed by atoms with van der Waals surface area (Å²) in [5, 5.41) is 16.8. The molecule has 0 radical (unpaired) electrons. The first-order valence-electron chi connectivity index (χ1n) is 7.88. The Bertz CT molecular complexity index is 971. The molecule has 3 rings (SSSR count). The topological polar surface area (TPSA) is 85.0 Å². The van der Waals surface area contributed by atoms with Crippen LogP contribution in [-0.4, -0.2) is 23.3 Å². The summed E-state index contributed by atoms with van der Waals surface area (Å²) in [6.45, 7) is 2.08. The van der Waals surface area contributed by atoms with Crippen LogP contribution in [0.1, 0.15) is 12.5 Å². The van der Waals surface area contributed by atoms with Gasteiger partial charge in [0.2, 0.25) is 5.90 Å². The van der Waals surface area contributed by atoms with Gasteiger partial charge in [0.05, 0.1) is 27.3 Å². The van der Waals surface area contributed by atoms with Crippen molar-refractivity contribution in [3.05, 3.63) is 73.8 Å². The molecular weight excluding hydrogens is 393 g/mol. The summed E-state index contributed by atoms with van der Waals surface area (Å²) in [6, 6.07) is 10.6. The second-order valence-electron chi connectivity index (χ2n) is 5.43. The molecule has 7 nitrogen and oxygen atoms in total. The van der Waals surface area contributed by atoms with Gasteiger partial charge in [-0.05, 0) is 36.8 Å². The zero-order chi connectivity index (χ0) is 19.6. The van der Waals surface area contributed by atoms with Crippen LogP contribution < -0.4 is 5.01 Å². The summed E-state index contributed by atoms with van der Waals surface area (Å²) >= 11 is 12.2. The lowest BCUT2D eigenvalue weighted by atomic mass is 10.1. The summed E-state index contributed by atoms with van der Waals surface area (Å²) in [5.41, 5.74) is 1.05. The van der Waals surface area contributed by atoms with E-state index in [4.69, 9.17) is 27.9 Å². The molecule has 1 aliphatic rings. The largest absolute Gasteiger partial charge is 0.476 e. The van der Waals surface area contributed by atoms with E-state index < -0.39 is 10.8 Å². The number of halogens is 2. The van der Waals surface area contributed by atoms with Crippen LogP contribution in [0.15, 0.2) is 53.1 Å². The number of hydrazone groups is 1.